The molecule has 1 nitrogen and oxygen atoms in total. The fourth-order valence-electron chi connectivity index (χ4n) is 1.01. The number of rotatable bonds is 2. The molecule has 1 aromatic carbocycles. The summed E-state index contributed by atoms with van der Waals surface area (Å²) in [5.74, 6) is 1.01. The molecule has 0 atom stereocenters. The zero-order chi connectivity index (χ0) is 10.6. The molecule has 0 heterocycles. The van der Waals surface area contributed by atoms with Crippen LogP contribution in [-0.2, 0) is 0 Å². The summed E-state index contributed by atoms with van der Waals surface area (Å²) >= 11 is 9.14. The van der Waals surface area contributed by atoms with Crippen LogP contribution in [0.4, 0.5) is 5.69 Å². The Hall–Kier alpha value is 0.190. The van der Waals surface area contributed by atoms with E-state index >= 15 is 0 Å². The van der Waals surface area contributed by atoms with Crippen LogP contribution in [0.1, 0.15) is 12.5 Å². The fraction of sp³-hybridized carbons (Fsp3) is 0.300. The lowest BCUT2D eigenvalue weighted by Crippen LogP contribution is -2.04. The number of aryl methyl sites for hydroxylation is 1. The molecule has 76 valence electrons. The molecule has 0 aliphatic carbocycles. The van der Waals surface area contributed by atoms with E-state index < -0.39 is 0 Å². The molecule has 0 unspecified atom stereocenters. The van der Waals surface area contributed by atoms with Gasteiger partial charge in [-0.25, -0.2) is 0 Å². The van der Waals surface area contributed by atoms with Crippen LogP contribution in [0.3, 0.4) is 0 Å². The van der Waals surface area contributed by atoms with Crippen LogP contribution in [0.25, 0.3) is 0 Å². The molecular formula is C10H12INS2. The standard InChI is InChI=1S/C10H12INS2/c1-3-14-10(13)12-8-4-5-9(11)7(2)6-8/h4-6H,3H2,1-2H3,(H,12,13). The number of thiocarbonyl (C=S) groups is 1. The highest BCUT2D eigenvalue weighted by Crippen LogP contribution is 2.18. The summed E-state index contributed by atoms with van der Waals surface area (Å²) in [6.07, 6.45) is 0. The Labute approximate surface area is 108 Å². The second-order valence-corrected chi connectivity index (χ2v) is 5.91. The molecule has 0 bridgehead atoms. The zero-order valence-corrected chi connectivity index (χ0v) is 11.9. The van der Waals surface area contributed by atoms with Crippen molar-refractivity contribution >= 4 is 56.6 Å². The Balaban J connectivity index is 2.68. The lowest BCUT2D eigenvalue weighted by molar-refractivity contribution is 1.43. The second-order valence-electron chi connectivity index (χ2n) is 2.81. The SMILES string of the molecule is CCSC(=S)Nc1ccc(I)c(C)c1. The summed E-state index contributed by atoms with van der Waals surface area (Å²) in [5.41, 5.74) is 2.36. The number of thioether (sulfide) groups is 1. The summed E-state index contributed by atoms with van der Waals surface area (Å²) in [6, 6.07) is 6.26. The second kappa shape index (κ2) is 5.92. The summed E-state index contributed by atoms with van der Waals surface area (Å²) in [7, 11) is 0. The number of nitrogens with one attached hydrogen (secondary N) is 1. The Morgan fingerprint density at radius 1 is 1.57 bits per heavy atom. The van der Waals surface area contributed by atoms with Crippen LogP contribution in [0, 0.1) is 10.5 Å². The van der Waals surface area contributed by atoms with Crippen molar-refractivity contribution in [1.29, 1.82) is 0 Å². The van der Waals surface area contributed by atoms with E-state index in [4.69, 9.17) is 12.2 Å². The molecule has 0 aromatic heterocycles. The topological polar surface area (TPSA) is 12.0 Å². The van der Waals surface area contributed by atoms with E-state index in [9.17, 15) is 0 Å². The fourth-order valence-corrected chi connectivity index (χ4v) is 2.27. The predicted molar refractivity (Wildman–Crippen MR) is 78.2 cm³/mol. The molecule has 1 aromatic rings. The minimum Gasteiger partial charge on any atom is -0.341 e. The third-order valence-corrected chi connectivity index (χ3v) is 4.00. The molecular weight excluding hydrogens is 325 g/mol. The number of anilines is 1. The highest BCUT2D eigenvalue weighted by Gasteiger charge is 1.99. The van der Waals surface area contributed by atoms with Crippen LogP contribution < -0.4 is 5.32 Å². The highest BCUT2D eigenvalue weighted by molar-refractivity contribution is 14.1. The van der Waals surface area contributed by atoms with Crippen molar-refractivity contribution in [2.75, 3.05) is 11.1 Å². The molecule has 0 saturated heterocycles. The Bertz CT molecular complexity index is 339. The molecule has 0 radical (unpaired) electrons. The van der Waals surface area contributed by atoms with Gasteiger partial charge in [0.15, 0.2) is 0 Å². The first-order valence-corrected chi connectivity index (χ1v) is 6.80. The van der Waals surface area contributed by atoms with Crippen molar-refractivity contribution in [3.63, 3.8) is 0 Å². The quantitative estimate of drug-likeness (QED) is 0.646. The minimum atomic E-state index is 0.841. The largest absolute Gasteiger partial charge is 0.341 e. The Morgan fingerprint density at radius 3 is 2.86 bits per heavy atom. The monoisotopic (exact) mass is 337 g/mol. The van der Waals surface area contributed by atoms with Gasteiger partial charge in [-0.2, -0.15) is 0 Å². The maximum Gasteiger partial charge on any atom is 0.138 e. The lowest BCUT2D eigenvalue weighted by Gasteiger charge is -2.07. The summed E-state index contributed by atoms with van der Waals surface area (Å²) in [5, 5.41) is 3.20. The molecule has 0 aliphatic heterocycles. The zero-order valence-electron chi connectivity index (χ0n) is 8.13. The summed E-state index contributed by atoms with van der Waals surface area (Å²) in [4.78, 5) is 0. The van der Waals surface area contributed by atoms with Gasteiger partial charge in [-0.1, -0.05) is 30.9 Å². The smallest absolute Gasteiger partial charge is 0.138 e. The van der Waals surface area contributed by atoms with Crippen molar-refractivity contribution in [2.45, 2.75) is 13.8 Å². The van der Waals surface area contributed by atoms with Crippen molar-refractivity contribution in [3.05, 3.63) is 27.3 Å². The van der Waals surface area contributed by atoms with Crippen LogP contribution in [0.15, 0.2) is 18.2 Å². The normalized spacial score (nSPS) is 9.93. The van der Waals surface area contributed by atoms with Crippen molar-refractivity contribution in [1.82, 2.24) is 0 Å². The van der Waals surface area contributed by atoms with E-state index in [-0.39, 0.29) is 0 Å². The number of halogens is 1. The molecule has 0 aliphatic rings. The van der Waals surface area contributed by atoms with Gasteiger partial charge in [-0.3, -0.25) is 0 Å². The van der Waals surface area contributed by atoms with Crippen molar-refractivity contribution in [2.24, 2.45) is 0 Å². The summed E-state index contributed by atoms with van der Waals surface area (Å²) < 4.78 is 2.12. The van der Waals surface area contributed by atoms with Crippen molar-refractivity contribution in [3.8, 4) is 0 Å². The maximum absolute atomic E-state index is 5.16. The van der Waals surface area contributed by atoms with Gasteiger partial charge in [-0.05, 0) is 59.0 Å². The molecule has 4 heteroatoms. The third kappa shape index (κ3) is 3.74. The van der Waals surface area contributed by atoms with Gasteiger partial charge in [0.2, 0.25) is 0 Å². The van der Waals surface area contributed by atoms with E-state index in [1.54, 1.807) is 11.8 Å². The van der Waals surface area contributed by atoms with Crippen LogP contribution in [0.2, 0.25) is 0 Å². The number of hydrogen-bond donors (Lipinski definition) is 1. The number of benzene rings is 1. The first-order chi connectivity index (χ1) is 6.63. The van der Waals surface area contributed by atoms with Gasteiger partial charge in [0.05, 0.1) is 0 Å². The number of hydrogen-bond acceptors (Lipinski definition) is 2. The van der Waals surface area contributed by atoms with Crippen LogP contribution >= 0.6 is 46.6 Å². The van der Waals surface area contributed by atoms with Gasteiger partial charge in [-0.15, -0.1) is 0 Å². The van der Waals surface area contributed by atoms with Crippen molar-refractivity contribution < 1.29 is 0 Å². The molecule has 1 rings (SSSR count). The average Bonchev–Trinajstić information content (AvgIpc) is 2.12. The third-order valence-electron chi connectivity index (χ3n) is 1.68. The average molecular weight is 337 g/mol. The predicted octanol–water partition coefficient (Wildman–Crippen LogP) is 4.05. The molecule has 0 spiro atoms. The highest BCUT2D eigenvalue weighted by atomic mass is 127. The lowest BCUT2D eigenvalue weighted by atomic mass is 10.2. The molecule has 0 amide bonds. The van der Waals surface area contributed by atoms with E-state index in [1.807, 2.05) is 0 Å². The first-order valence-electron chi connectivity index (χ1n) is 4.33. The van der Waals surface area contributed by atoms with Gasteiger partial charge in [0.1, 0.15) is 4.32 Å². The molecule has 1 N–H and O–H groups in total. The van der Waals surface area contributed by atoms with Crippen LogP contribution in [-0.4, -0.2) is 10.1 Å². The van der Waals surface area contributed by atoms with Gasteiger partial charge < -0.3 is 5.32 Å². The Morgan fingerprint density at radius 2 is 2.29 bits per heavy atom. The van der Waals surface area contributed by atoms with E-state index in [2.05, 4.69) is 60.0 Å². The molecule has 0 saturated carbocycles. The van der Waals surface area contributed by atoms with Gasteiger partial charge in [0, 0.05) is 9.26 Å². The first kappa shape index (κ1) is 12.3. The van der Waals surface area contributed by atoms with E-state index in [1.165, 1.54) is 9.13 Å². The molecule has 14 heavy (non-hydrogen) atoms. The molecule has 0 fully saturated rings. The van der Waals surface area contributed by atoms with Crippen LogP contribution in [0.5, 0.6) is 0 Å². The van der Waals surface area contributed by atoms with Gasteiger partial charge in [0.25, 0.3) is 0 Å². The van der Waals surface area contributed by atoms with E-state index in [0.29, 0.717) is 0 Å². The maximum atomic E-state index is 5.16. The van der Waals surface area contributed by atoms with Gasteiger partial charge >= 0.3 is 0 Å². The minimum absolute atomic E-state index is 0.841. The van der Waals surface area contributed by atoms with E-state index in [0.717, 1.165) is 15.8 Å². The Kier molecular flexibility index (Phi) is 5.19. The summed E-state index contributed by atoms with van der Waals surface area (Å²) in [6.45, 7) is 4.20.